The Morgan fingerprint density at radius 1 is 1.24 bits per heavy atom. The van der Waals surface area contributed by atoms with E-state index in [2.05, 4.69) is 35.4 Å². The molecular formula is C14H22N2S. The molecule has 0 unspecified atom stereocenters. The van der Waals surface area contributed by atoms with E-state index in [1.54, 1.807) is 0 Å². The third kappa shape index (κ3) is 3.17. The minimum atomic E-state index is 0.131. The molecule has 1 aliphatic heterocycles. The van der Waals surface area contributed by atoms with E-state index in [4.69, 9.17) is 5.73 Å². The number of benzene rings is 1. The van der Waals surface area contributed by atoms with Gasteiger partial charge in [-0.15, -0.1) is 0 Å². The van der Waals surface area contributed by atoms with Gasteiger partial charge >= 0.3 is 0 Å². The van der Waals surface area contributed by atoms with Crippen LogP contribution < -0.4 is 10.6 Å². The maximum Gasteiger partial charge on any atom is 0.0366 e. The second-order valence-electron chi connectivity index (χ2n) is 4.80. The Labute approximate surface area is 109 Å². The Morgan fingerprint density at radius 3 is 2.29 bits per heavy atom. The summed E-state index contributed by atoms with van der Waals surface area (Å²) in [4.78, 5) is 2.48. The fourth-order valence-corrected chi connectivity index (χ4v) is 3.02. The van der Waals surface area contributed by atoms with Gasteiger partial charge in [0.05, 0.1) is 0 Å². The highest BCUT2D eigenvalue weighted by Crippen LogP contribution is 2.26. The summed E-state index contributed by atoms with van der Waals surface area (Å²) in [6, 6.07) is 8.85. The Balaban J connectivity index is 1.99. The van der Waals surface area contributed by atoms with Gasteiger partial charge in [-0.05, 0) is 43.7 Å². The van der Waals surface area contributed by atoms with Crippen molar-refractivity contribution in [2.45, 2.75) is 31.1 Å². The summed E-state index contributed by atoms with van der Waals surface area (Å²) in [6.45, 7) is 4.39. The number of anilines is 1. The van der Waals surface area contributed by atoms with Gasteiger partial charge in [-0.2, -0.15) is 11.8 Å². The molecule has 2 nitrogen and oxygen atoms in total. The van der Waals surface area contributed by atoms with Crippen molar-refractivity contribution >= 4 is 17.4 Å². The summed E-state index contributed by atoms with van der Waals surface area (Å²) in [6.07, 6.45) is 4.82. The zero-order chi connectivity index (χ0) is 12.3. The van der Waals surface area contributed by atoms with Crippen LogP contribution in [0.1, 0.15) is 31.4 Å². The summed E-state index contributed by atoms with van der Waals surface area (Å²) in [5.41, 5.74) is 8.42. The molecule has 1 aromatic carbocycles. The highest BCUT2D eigenvalue weighted by Gasteiger charge is 2.18. The van der Waals surface area contributed by atoms with Crippen LogP contribution in [0, 0.1) is 0 Å². The number of thioether (sulfide) groups is 1. The minimum absolute atomic E-state index is 0.131. The average molecular weight is 250 g/mol. The maximum atomic E-state index is 5.86. The maximum absolute atomic E-state index is 5.86. The van der Waals surface area contributed by atoms with Crippen LogP contribution >= 0.6 is 11.8 Å². The molecule has 0 aromatic heterocycles. The molecule has 0 bridgehead atoms. The van der Waals surface area contributed by atoms with E-state index in [0.29, 0.717) is 0 Å². The summed E-state index contributed by atoms with van der Waals surface area (Å²) < 4.78 is 0. The Bertz CT molecular complexity index is 340. The molecule has 1 aliphatic rings. The van der Waals surface area contributed by atoms with E-state index in [-0.39, 0.29) is 6.04 Å². The Kier molecular flexibility index (Phi) is 4.35. The predicted octanol–water partition coefficient (Wildman–Crippen LogP) is 3.04. The van der Waals surface area contributed by atoms with Crippen molar-refractivity contribution in [3.05, 3.63) is 29.8 Å². The van der Waals surface area contributed by atoms with Crippen molar-refractivity contribution in [3.8, 4) is 0 Å². The first-order valence-electron chi connectivity index (χ1n) is 6.34. The SMILES string of the molecule is CSC1CCN(c2ccc([C@@H](C)N)cc2)CC1. The number of hydrogen-bond acceptors (Lipinski definition) is 3. The normalized spacial score (nSPS) is 19.4. The van der Waals surface area contributed by atoms with Crippen molar-refractivity contribution < 1.29 is 0 Å². The monoisotopic (exact) mass is 250 g/mol. The number of nitrogens with zero attached hydrogens (tertiary/aromatic N) is 1. The molecule has 17 heavy (non-hydrogen) atoms. The first-order chi connectivity index (χ1) is 8.20. The lowest BCUT2D eigenvalue weighted by molar-refractivity contribution is 0.591. The third-order valence-corrected chi connectivity index (χ3v) is 4.70. The van der Waals surface area contributed by atoms with Crippen LogP contribution in [0.3, 0.4) is 0 Å². The number of rotatable bonds is 3. The molecule has 94 valence electrons. The van der Waals surface area contributed by atoms with E-state index >= 15 is 0 Å². The largest absolute Gasteiger partial charge is 0.371 e. The van der Waals surface area contributed by atoms with Gasteiger partial charge in [-0.1, -0.05) is 12.1 Å². The molecule has 0 spiro atoms. The number of hydrogen-bond donors (Lipinski definition) is 1. The van der Waals surface area contributed by atoms with Crippen molar-refractivity contribution in [3.63, 3.8) is 0 Å². The van der Waals surface area contributed by atoms with E-state index in [9.17, 15) is 0 Å². The van der Waals surface area contributed by atoms with Crippen molar-refractivity contribution in [1.82, 2.24) is 0 Å². The van der Waals surface area contributed by atoms with Gasteiger partial charge in [0, 0.05) is 30.1 Å². The molecule has 2 N–H and O–H groups in total. The number of piperidine rings is 1. The molecule has 0 aliphatic carbocycles. The molecular weight excluding hydrogens is 228 g/mol. The molecule has 3 heteroatoms. The van der Waals surface area contributed by atoms with Gasteiger partial charge in [0.1, 0.15) is 0 Å². The highest BCUT2D eigenvalue weighted by atomic mass is 32.2. The summed E-state index contributed by atoms with van der Waals surface area (Å²) in [5.74, 6) is 0. The van der Waals surface area contributed by atoms with Crippen LogP contribution in [0.2, 0.25) is 0 Å². The second-order valence-corrected chi connectivity index (χ2v) is 5.94. The minimum Gasteiger partial charge on any atom is -0.371 e. The molecule has 1 saturated heterocycles. The second kappa shape index (κ2) is 5.78. The van der Waals surface area contributed by atoms with Crippen molar-refractivity contribution in [2.75, 3.05) is 24.2 Å². The van der Waals surface area contributed by atoms with Gasteiger partial charge < -0.3 is 10.6 Å². The van der Waals surface area contributed by atoms with Crippen molar-refractivity contribution in [2.24, 2.45) is 5.73 Å². The topological polar surface area (TPSA) is 29.3 Å². The average Bonchev–Trinajstić information content (AvgIpc) is 2.39. The van der Waals surface area contributed by atoms with E-state index < -0.39 is 0 Å². The summed E-state index contributed by atoms with van der Waals surface area (Å²) in [7, 11) is 0. The lowest BCUT2D eigenvalue weighted by Crippen LogP contribution is -2.34. The smallest absolute Gasteiger partial charge is 0.0366 e. The first-order valence-corrected chi connectivity index (χ1v) is 7.63. The standard InChI is InChI=1S/C14H22N2S/c1-11(15)12-3-5-13(6-4-12)16-9-7-14(17-2)8-10-16/h3-6,11,14H,7-10,15H2,1-2H3/t11-/m1/s1. The molecule has 0 amide bonds. The molecule has 1 aromatic rings. The van der Waals surface area contributed by atoms with Gasteiger partial charge in [-0.3, -0.25) is 0 Å². The first kappa shape index (κ1) is 12.8. The van der Waals surface area contributed by atoms with Gasteiger partial charge in [0.2, 0.25) is 0 Å². The lowest BCUT2D eigenvalue weighted by Gasteiger charge is -2.33. The highest BCUT2D eigenvalue weighted by molar-refractivity contribution is 7.99. The van der Waals surface area contributed by atoms with Crippen LogP contribution in [-0.4, -0.2) is 24.6 Å². The molecule has 0 saturated carbocycles. The van der Waals surface area contributed by atoms with Gasteiger partial charge in [0.25, 0.3) is 0 Å². The fraction of sp³-hybridized carbons (Fsp3) is 0.571. The zero-order valence-corrected chi connectivity index (χ0v) is 11.5. The van der Waals surface area contributed by atoms with Crippen molar-refractivity contribution in [1.29, 1.82) is 0 Å². The molecule has 1 heterocycles. The molecule has 1 fully saturated rings. The summed E-state index contributed by atoms with van der Waals surface area (Å²) >= 11 is 2.01. The number of nitrogens with two attached hydrogens (primary N) is 1. The fourth-order valence-electron chi connectivity index (χ4n) is 2.34. The summed E-state index contributed by atoms with van der Waals surface area (Å²) in [5, 5.41) is 0.856. The van der Waals surface area contributed by atoms with Gasteiger partial charge in [0.15, 0.2) is 0 Å². The predicted molar refractivity (Wildman–Crippen MR) is 77.8 cm³/mol. The van der Waals surface area contributed by atoms with Crippen LogP contribution in [0.5, 0.6) is 0 Å². The lowest BCUT2D eigenvalue weighted by atomic mass is 10.1. The third-order valence-electron chi connectivity index (χ3n) is 3.56. The zero-order valence-electron chi connectivity index (χ0n) is 10.7. The van der Waals surface area contributed by atoms with Crippen LogP contribution in [-0.2, 0) is 0 Å². The van der Waals surface area contributed by atoms with E-state index in [1.807, 2.05) is 18.7 Å². The Hall–Kier alpha value is -0.670. The molecule has 0 radical (unpaired) electrons. The van der Waals surface area contributed by atoms with E-state index in [1.165, 1.54) is 37.2 Å². The molecule has 2 rings (SSSR count). The van der Waals surface area contributed by atoms with Crippen LogP contribution in [0.25, 0.3) is 0 Å². The Morgan fingerprint density at radius 2 is 1.82 bits per heavy atom. The van der Waals surface area contributed by atoms with Crippen LogP contribution in [0.15, 0.2) is 24.3 Å². The molecule has 1 atom stereocenters. The van der Waals surface area contributed by atoms with Crippen LogP contribution in [0.4, 0.5) is 5.69 Å². The van der Waals surface area contributed by atoms with Gasteiger partial charge in [-0.25, -0.2) is 0 Å². The van der Waals surface area contributed by atoms with E-state index in [0.717, 1.165) is 5.25 Å². The quantitative estimate of drug-likeness (QED) is 0.894.